The van der Waals surface area contributed by atoms with Gasteiger partial charge in [-0.25, -0.2) is 0 Å². The SMILES string of the molecule is CN(C[C@@H]1CCOC1)[C@@H]1CCCN(c2ccccc2)C1. The number of rotatable bonds is 4. The number of benzene rings is 1. The number of piperidine rings is 1. The number of nitrogens with zero attached hydrogens (tertiary/aromatic N) is 2. The fourth-order valence-corrected chi connectivity index (χ4v) is 3.47. The quantitative estimate of drug-likeness (QED) is 0.839. The van der Waals surface area contributed by atoms with E-state index in [1.165, 1.54) is 38.0 Å². The zero-order valence-electron chi connectivity index (χ0n) is 12.5. The van der Waals surface area contributed by atoms with Crippen LogP contribution in [0, 0.1) is 5.92 Å². The largest absolute Gasteiger partial charge is 0.381 e. The van der Waals surface area contributed by atoms with E-state index in [0.29, 0.717) is 6.04 Å². The Morgan fingerprint density at radius 1 is 1.25 bits per heavy atom. The van der Waals surface area contributed by atoms with Crippen molar-refractivity contribution < 1.29 is 4.74 Å². The van der Waals surface area contributed by atoms with Crippen LogP contribution >= 0.6 is 0 Å². The number of anilines is 1. The van der Waals surface area contributed by atoms with Crippen molar-refractivity contribution in [3.05, 3.63) is 30.3 Å². The average molecular weight is 274 g/mol. The summed E-state index contributed by atoms with van der Waals surface area (Å²) in [7, 11) is 2.29. The molecule has 2 aliphatic rings. The Labute approximate surface area is 122 Å². The van der Waals surface area contributed by atoms with Crippen LogP contribution in [0.4, 0.5) is 5.69 Å². The molecule has 2 heterocycles. The number of hydrogen-bond acceptors (Lipinski definition) is 3. The second-order valence-corrected chi connectivity index (χ2v) is 6.25. The zero-order valence-corrected chi connectivity index (χ0v) is 12.5. The van der Waals surface area contributed by atoms with Gasteiger partial charge in [-0.1, -0.05) is 18.2 Å². The van der Waals surface area contributed by atoms with Gasteiger partial charge in [0.1, 0.15) is 0 Å². The molecule has 2 atom stereocenters. The molecule has 0 bridgehead atoms. The fraction of sp³-hybridized carbons (Fsp3) is 0.647. The van der Waals surface area contributed by atoms with E-state index in [0.717, 1.165) is 25.7 Å². The molecule has 20 heavy (non-hydrogen) atoms. The third kappa shape index (κ3) is 3.33. The van der Waals surface area contributed by atoms with E-state index in [-0.39, 0.29) is 0 Å². The second kappa shape index (κ2) is 6.59. The molecule has 3 nitrogen and oxygen atoms in total. The minimum atomic E-state index is 0.685. The molecule has 0 N–H and O–H groups in total. The van der Waals surface area contributed by atoms with Crippen molar-refractivity contribution in [2.45, 2.75) is 25.3 Å². The van der Waals surface area contributed by atoms with Crippen LogP contribution in [0.2, 0.25) is 0 Å². The predicted octanol–water partition coefficient (Wildman–Crippen LogP) is 2.62. The first-order valence-electron chi connectivity index (χ1n) is 7.91. The third-order valence-corrected chi connectivity index (χ3v) is 4.71. The number of likely N-dealkylation sites (N-methyl/N-ethyl adjacent to an activating group) is 1. The molecule has 0 saturated carbocycles. The summed E-state index contributed by atoms with van der Waals surface area (Å²) in [5.41, 5.74) is 1.37. The fourth-order valence-electron chi connectivity index (χ4n) is 3.47. The van der Waals surface area contributed by atoms with Crippen molar-refractivity contribution in [3.8, 4) is 0 Å². The van der Waals surface area contributed by atoms with Gasteiger partial charge in [0.2, 0.25) is 0 Å². The van der Waals surface area contributed by atoms with Gasteiger partial charge in [-0.3, -0.25) is 0 Å². The highest BCUT2D eigenvalue weighted by Crippen LogP contribution is 2.23. The van der Waals surface area contributed by atoms with Gasteiger partial charge in [0, 0.05) is 38.0 Å². The summed E-state index contributed by atoms with van der Waals surface area (Å²) in [6, 6.07) is 11.5. The molecule has 2 saturated heterocycles. The molecule has 2 aliphatic heterocycles. The molecule has 3 heteroatoms. The van der Waals surface area contributed by atoms with Crippen LogP contribution in [0.25, 0.3) is 0 Å². The van der Waals surface area contributed by atoms with Gasteiger partial charge >= 0.3 is 0 Å². The van der Waals surface area contributed by atoms with E-state index in [2.05, 4.69) is 47.2 Å². The van der Waals surface area contributed by atoms with E-state index in [9.17, 15) is 0 Å². The third-order valence-electron chi connectivity index (χ3n) is 4.71. The maximum Gasteiger partial charge on any atom is 0.0507 e. The van der Waals surface area contributed by atoms with Gasteiger partial charge < -0.3 is 14.5 Å². The Balaban J connectivity index is 1.57. The summed E-state index contributed by atoms with van der Waals surface area (Å²) in [6.07, 6.45) is 3.86. The van der Waals surface area contributed by atoms with Crippen LogP contribution < -0.4 is 4.90 Å². The maximum atomic E-state index is 5.50. The molecule has 1 aromatic carbocycles. The lowest BCUT2D eigenvalue weighted by Crippen LogP contribution is -2.47. The van der Waals surface area contributed by atoms with E-state index in [4.69, 9.17) is 4.74 Å². The van der Waals surface area contributed by atoms with Gasteiger partial charge in [0.05, 0.1) is 6.61 Å². The van der Waals surface area contributed by atoms with Crippen molar-refractivity contribution in [1.29, 1.82) is 0 Å². The molecule has 2 fully saturated rings. The molecule has 0 amide bonds. The topological polar surface area (TPSA) is 15.7 Å². The van der Waals surface area contributed by atoms with E-state index in [1.807, 2.05) is 0 Å². The minimum Gasteiger partial charge on any atom is -0.381 e. The monoisotopic (exact) mass is 274 g/mol. The molecule has 0 radical (unpaired) electrons. The minimum absolute atomic E-state index is 0.685. The Hall–Kier alpha value is -1.06. The van der Waals surface area contributed by atoms with Crippen molar-refractivity contribution in [1.82, 2.24) is 4.90 Å². The highest BCUT2D eigenvalue weighted by Gasteiger charge is 2.26. The summed E-state index contributed by atoms with van der Waals surface area (Å²) in [5.74, 6) is 0.743. The predicted molar refractivity (Wildman–Crippen MR) is 83.2 cm³/mol. The number of ether oxygens (including phenoxy) is 1. The maximum absolute atomic E-state index is 5.50. The smallest absolute Gasteiger partial charge is 0.0507 e. The van der Waals surface area contributed by atoms with Crippen LogP contribution in [0.5, 0.6) is 0 Å². The molecule has 1 aromatic rings. The summed E-state index contributed by atoms with van der Waals surface area (Å²) in [4.78, 5) is 5.10. The van der Waals surface area contributed by atoms with Gasteiger partial charge in [-0.2, -0.15) is 0 Å². The summed E-state index contributed by atoms with van der Waals surface area (Å²) in [5, 5.41) is 0. The van der Waals surface area contributed by atoms with Crippen molar-refractivity contribution in [2.24, 2.45) is 5.92 Å². The average Bonchev–Trinajstić information content (AvgIpc) is 3.01. The standard InChI is InChI=1S/C17H26N2O/c1-18(12-15-9-11-20-14-15)17-8-5-10-19(13-17)16-6-3-2-4-7-16/h2-4,6-7,15,17H,5,8-14H2,1H3/t15-,17+/m0/s1. The normalized spacial score (nSPS) is 27.2. The molecule has 3 rings (SSSR count). The van der Waals surface area contributed by atoms with E-state index >= 15 is 0 Å². The van der Waals surface area contributed by atoms with Crippen molar-refractivity contribution >= 4 is 5.69 Å². The first-order chi connectivity index (χ1) is 9.83. The highest BCUT2D eigenvalue weighted by molar-refractivity contribution is 5.46. The highest BCUT2D eigenvalue weighted by atomic mass is 16.5. The van der Waals surface area contributed by atoms with Crippen LogP contribution in [0.15, 0.2) is 30.3 Å². The lowest BCUT2D eigenvalue weighted by Gasteiger charge is -2.39. The van der Waals surface area contributed by atoms with Crippen molar-refractivity contribution in [3.63, 3.8) is 0 Å². The van der Waals surface area contributed by atoms with Gasteiger partial charge in [-0.05, 0) is 44.4 Å². The molecule has 0 unspecified atom stereocenters. The second-order valence-electron chi connectivity index (χ2n) is 6.25. The van der Waals surface area contributed by atoms with Crippen molar-refractivity contribution in [2.75, 3.05) is 44.8 Å². The zero-order chi connectivity index (χ0) is 13.8. The summed E-state index contributed by atoms with van der Waals surface area (Å²) in [6.45, 7) is 5.46. The van der Waals surface area contributed by atoms with Gasteiger partial charge in [0.15, 0.2) is 0 Å². The van der Waals surface area contributed by atoms with E-state index in [1.54, 1.807) is 0 Å². The molecule has 0 aliphatic carbocycles. The molecular weight excluding hydrogens is 248 g/mol. The first kappa shape index (κ1) is 13.9. The molecule has 0 aromatic heterocycles. The summed E-state index contributed by atoms with van der Waals surface area (Å²) < 4.78 is 5.50. The van der Waals surface area contributed by atoms with Crippen LogP contribution in [-0.4, -0.2) is 50.8 Å². The van der Waals surface area contributed by atoms with Crippen LogP contribution in [0.1, 0.15) is 19.3 Å². The Morgan fingerprint density at radius 2 is 2.10 bits per heavy atom. The van der Waals surface area contributed by atoms with Crippen LogP contribution in [0.3, 0.4) is 0 Å². The van der Waals surface area contributed by atoms with Gasteiger partial charge in [-0.15, -0.1) is 0 Å². The lowest BCUT2D eigenvalue weighted by atomic mass is 10.0. The first-order valence-corrected chi connectivity index (χ1v) is 7.91. The Kier molecular flexibility index (Phi) is 4.58. The Morgan fingerprint density at radius 3 is 2.85 bits per heavy atom. The number of hydrogen-bond donors (Lipinski definition) is 0. The number of para-hydroxylation sites is 1. The molecule has 0 spiro atoms. The van der Waals surface area contributed by atoms with E-state index < -0.39 is 0 Å². The van der Waals surface area contributed by atoms with Crippen LogP contribution in [-0.2, 0) is 4.74 Å². The van der Waals surface area contributed by atoms with Gasteiger partial charge in [0.25, 0.3) is 0 Å². The lowest BCUT2D eigenvalue weighted by molar-refractivity contribution is 0.153. The molecular formula is C17H26N2O. The summed E-state index contributed by atoms with van der Waals surface area (Å²) >= 11 is 0. The Bertz CT molecular complexity index is 403. The molecule has 110 valence electrons.